The molecule has 0 spiro atoms. The van der Waals surface area contributed by atoms with Crippen molar-refractivity contribution in [1.29, 1.82) is 0 Å². The second kappa shape index (κ2) is 5.83. The Morgan fingerprint density at radius 1 is 1.41 bits per heavy atom. The molecule has 3 rings (SSSR count). The summed E-state index contributed by atoms with van der Waals surface area (Å²) in [5.74, 6) is 0.0753. The monoisotopic (exact) mass is 320 g/mol. The smallest absolute Gasteiger partial charge is 0.303 e. The number of carboxylic acids is 1. The van der Waals surface area contributed by atoms with E-state index in [4.69, 9.17) is 10.1 Å². The highest BCUT2D eigenvalue weighted by molar-refractivity contribution is 7.18. The summed E-state index contributed by atoms with van der Waals surface area (Å²) >= 11 is 1.65. The number of aliphatic carboxylic acids is 1. The zero-order chi connectivity index (χ0) is 15.9. The van der Waals surface area contributed by atoms with Gasteiger partial charge < -0.3 is 5.11 Å². The molecule has 0 saturated heterocycles. The number of nitrogens with zero attached hydrogens (tertiary/aromatic N) is 2. The van der Waals surface area contributed by atoms with Crippen molar-refractivity contribution in [3.8, 4) is 0 Å². The number of hydrogen-bond donors (Lipinski definition) is 1. The molecule has 0 unspecified atom stereocenters. The summed E-state index contributed by atoms with van der Waals surface area (Å²) < 4.78 is 1.70. The van der Waals surface area contributed by atoms with E-state index in [-0.39, 0.29) is 17.9 Å². The third-order valence-electron chi connectivity index (χ3n) is 4.14. The lowest BCUT2D eigenvalue weighted by Gasteiger charge is -2.14. The fourth-order valence-corrected chi connectivity index (χ4v) is 4.40. The Labute approximate surface area is 132 Å². The third kappa shape index (κ3) is 2.56. The molecule has 118 valence electrons. The molecule has 2 aromatic heterocycles. The maximum Gasteiger partial charge on any atom is 0.303 e. The van der Waals surface area contributed by atoms with Crippen molar-refractivity contribution in [2.24, 2.45) is 0 Å². The minimum atomic E-state index is -0.829. The van der Waals surface area contributed by atoms with E-state index in [1.165, 1.54) is 10.4 Å². The molecule has 22 heavy (non-hydrogen) atoms. The van der Waals surface area contributed by atoms with Crippen LogP contribution in [0.2, 0.25) is 0 Å². The van der Waals surface area contributed by atoms with Crippen molar-refractivity contribution in [3.05, 3.63) is 26.6 Å². The molecule has 1 aliphatic carbocycles. The Bertz CT molecular complexity index is 789. The normalized spacial score (nSPS) is 14.0. The minimum absolute atomic E-state index is 0.0125. The van der Waals surface area contributed by atoms with Gasteiger partial charge in [-0.05, 0) is 31.2 Å². The van der Waals surface area contributed by atoms with Gasteiger partial charge in [0.05, 0.1) is 5.39 Å². The average molecular weight is 320 g/mol. The Morgan fingerprint density at radius 2 is 2.18 bits per heavy atom. The van der Waals surface area contributed by atoms with Gasteiger partial charge >= 0.3 is 5.97 Å². The molecule has 2 heterocycles. The maximum absolute atomic E-state index is 12.9. The topological polar surface area (TPSA) is 72.2 Å². The highest BCUT2D eigenvalue weighted by atomic mass is 32.1. The number of aromatic nitrogens is 2. The molecule has 0 saturated carbocycles. The quantitative estimate of drug-likeness (QED) is 0.919. The number of thiophene rings is 1. The second-order valence-corrected chi connectivity index (χ2v) is 7.20. The third-order valence-corrected chi connectivity index (χ3v) is 5.33. The van der Waals surface area contributed by atoms with Crippen molar-refractivity contribution in [1.82, 2.24) is 9.55 Å². The van der Waals surface area contributed by atoms with Crippen LogP contribution in [0.4, 0.5) is 0 Å². The number of rotatable bonds is 5. The van der Waals surface area contributed by atoms with Crippen LogP contribution < -0.4 is 5.56 Å². The van der Waals surface area contributed by atoms with Gasteiger partial charge in [-0.25, -0.2) is 4.98 Å². The number of hydrogen-bond acceptors (Lipinski definition) is 4. The molecular formula is C16H20N2O3S. The first-order chi connectivity index (χ1) is 10.5. The Kier molecular flexibility index (Phi) is 4.04. The van der Waals surface area contributed by atoms with Gasteiger partial charge in [-0.2, -0.15) is 0 Å². The molecular weight excluding hydrogens is 300 g/mol. The van der Waals surface area contributed by atoms with Gasteiger partial charge in [-0.1, -0.05) is 13.8 Å². The zero-order valence-corrected chi connectivity index (χ0v) is 13.7. The molecule has 0 fully saturated rings. The summed E-state index contributed by atoms with van der Waals surface area (Å²) in [5.41, 5.74) is 1.19. The molecule has 5 nitrogen and oxygen atoms in total. The number of fused-ring (bicyclic) bond motifs is 3. The van der Waals surface area contributed by atoms with E-state index in [9.17, 15) is 9.59 Å². The molecule has 0 radical (unpaired) electrons. The lowest BCUT2D eigenvalue weighted by atomic mass is 10.1. The van der Waals surface area contributed by atoms with Crippen LogP contribution in [0.1, 0.15) is 55.3 Å². The summed E-state index contributed by atoms with van der Waals surface area (Å²) in [4.78, 5) is 30.5. The van der Waals surface area contributed by atoms with Crippen molar-refractivity contribution in [3.63, 3.8) is 0 Å². The Morgan fingerprint density at radius 3 is 2.86 bits per heavy atom. The van der Waals surface area contributed by atoms with Crippen molar-refractivity contribution in [2.75, 3.05) is 0 Å². The van der Waals surface area contributed by atoms with E-state index in [0.29, 0.717) is 13.0 Å². The summed E-state index contributed by atoms with van der Waals surface area (Å²) in [6, 6.07) is 0. The second-order valence-electron chi connectivity index (χ2n) is 6.12. The van der Waals surface area contributed by atoms with Crippen LogP contribution in [0.15, 0.2) is 4.79 Å². The fraction of sp³-hybridized carbons (Fsp3) is 0.562. The van der Waals surface area contributed by atoms with E-state index in [1.54, 1.807) is 15.9 Å². The number of aryl methyl sites for hydroxylation is 2. The highest BCUT2D eigenvalue weighted by Gasteiger charge is 2.23. The van der Waals surface area contributed by atoms with E-state index in [0.717, 1.165) is 35.3 Å². The summed E-state index contributed by atoms with van der Waals surface area (Å²) in [5, 5.41) is 9.58. The van der Waals surface area contributed by atoms with Gasteiger partial charge in [0.1, 0.15) is 10.7 Å². The van der Waals surface area contributed by atoms with Crippen LogP contribution in [0.5, 0.6) is 0 Å². The zero-order valence-electron chi connectivity index (χ0n) is 12.9. The van der Waals surface area contributed by atoms with Crippen LogP contribution in [0.3, 0.4) is 0 Å². The van der Waals surface area contributed by atoms with Crippen molar-refractivity contribution < 1.29 is 9.90 Å². The van der Waals surface area contributed by atoms with Crippen LogP contribution >= 0.6 is 11.3 Å². The first-order valence-electron chi connectivity index (χ1n) is 7.75. The van der Waals surface area contributed by atoms with Crippen molar-refractivity contribution >= 4 is 27.5 Å². The van der Waals surface area contributed by atoms with Crippen LogP contribution in [-0.4, -0.2) is 20.6 Å². The van der Waals surface area contributed by atoms with Gasteiger partial charge in [0, 0.05) is 23.8 Å². The lowest BCUT2D eigenvalue weighted by Crippen LogP contribution is -2.26. The van der Waals surface area contributed by atoms with Crippen LogP contribution in [0.25, 0.3) is 10.2 Å². The maximum atomic E-state index is 12.9. The fourth-order valence-electron chi connectivity index (χ4n) is 3.14. The van der Waals surface area contributed by atoms with Crippen LogP contribution in [-0.2, 0) is 24.2 Å². The minimum Gasteiger partial charge on any atom is -0.481 e. The van der Waals surface area contributed by atoms with Crippen LogP contribution in [0, 0.1) is 0 Å². The van der Waals surface area contributed by atoms with Gasteiger partial charge in [-0.3, -0.25) is 14.2 Å². The Balaban J connectivity index is 2.11. The molecule has 0 aliphatic heterocycles. The van der Waals surface area contributed by atoms with Gasteiger partial charge in [0.2, 0.25) is 0 Å². The predicted octanol–water partition coefficient (Wildman–Crippen LogP) is 2.93. The predicted molar refractivity (Wildman–Crippen MR) is 86.9 cm³/mol. The first kappa shape index (κ1) is 15.2. The largest absolute Gasteiger partial charge is 0.481 e. The summed E-state index contributed by atoms with van der Waals surface area (Å²) in [7, 11) is 0. The average Bonchev–Trinajstić information content (AvgIpc) is 3.00. The summed E-state index contributed by atoms with van der Waals surface area (Å²) in [6.45, 7) is 4.46. The van der Waals surface area contributed by atoms with E-state index < -0.39 is 5.97 Å². The Hall–Kier alpha value is -1.69. The highest BCUT2D eigenvalue weighted by Crippen LogP contribution is 2.35. The molecule has 0 amide bonds. The van der Waals surface area contributed by atoms with E-state index >= 15 is 0 Å². The number of carboxylic acid groups (broad SMARTS) is 1. The molecule has 1 aliphatic rings. The molecule has 2 aromatic rings. The van der Waals surface area contributed by atoms with Gasteiger partial charge in [0.25, 0.3) is 5.56 Å². The van der Waals surface area contributed by atoms with Gasteiger partial charge in [0.15, 0.2) is 0 Å². The molecule has 1 N–H and O–H groups in total. The molecule has 0 aromatic carbocycles. The molecule has 0 bridgehead atoms. The standard InChI is InChI=1S/C16H20N2O3S/c1-9(2)14-17-15-13(10-5-3-6-11(10)22-15)16(21)18(14)8-4-7-12(19)20/h9H,3-8H2,1-2H3,(H,19,20). The van der Waals surface area contributed by atoms with Gasteiger partial charge in [-0.15, -0.1) is 11.3 Å². The summed E-state index contributed by atoms with van der Waals surface area (Å²) in [6.07, 6.45) is 3.65. The molecule has 6 heteroatoms. The molecule has 0 atom stereocenters. The van der Waals surface area contributed by atoms with E-state index in [1.807, 2.05) is 13.8 Å². The first-order valence-corrected chi connectivity index (χ1v) is 8.57. The number of carbonyl (C=O) groups is 1. The van der Waals surface area contributed by atoms with E-state index in [2.05, 4.69) is 0 Å². The lowest BCUT2D eigenvalue weighted by molar-refractivity contribution is -0.137. The SMILES string of the molecule is CC(C)c1nc2sc3c(c2c(=O)n1CCCC(=O)O)CCC3. The van der Waals surface area contributed by atoms with Crippen molar-refractivity contribution in [2.45, 2.75) is 58.4 Å².